The maximum atomic E-state index is 11.8. The summed E-state index contributed by atoms with van der Waals surface area (Å²) in [5, 5.41) is 46.4. The lowest BCUT2D eigenvalue weighted by Gasteiger charge is -2.16. The molecule has 0 amide bonds. The number of phenols is 4. The van der Waals surface area contributed by atoms with Crippen molar-refractivity contribution < 1.29 is 39.4 Å². The fraction of sp³-hybridized carbons (Fsp3) is 0.558. The van der Waals surface area contributed by atoms with Crippen LogP contribution in [0.3, 0.4) is 0 Å². The molecule has 0 aliphatic heterocycles. The van der Waals surface area contributed by atoms with Crippen LogP contribution in [-0.4, -0.2) is 71.7 Å². The van der Waals surface area contributed by atoms with Gasteiger partial charge in [-0.05, 0) is 85.0 Å². The summed E-state index contributed by atoms with van der Waals surface area (Å²) in [7, 11) is 0. The second kappa shape index (κ2) is 50.1. The molecule has 98 heavy (non-hydrogen) atoms. The lowest BCUT2D eigenvalue weighted by Crippen LogP contribution is -2.03. The lowest BCUT2D eigenvalue weighted by molar-refractivity contribution is 0.258. The number of phenolic OH excluding ortho intramolecular Hbond substituents is 4. The fourth-order valence-electron chi connectivity index (χ4n) is 12.5. The Balaban J connectivity index is 1.31. The molecule has 0 saturated carbocycles. The van der Waals surface area contributed by atoms with Gasteiger partial charge in [0.25, 0.3) is 0 Å². The number of benzene rings is 6. The number of aromatic hydroxyl groups is 4. The van der Waals surface area contributed by atoms with Gasteiger partial charge in [0.1, 0.15) is 23.0 Å². The maximum absolute atomic E-state index is 11.8. The third-order valence-corrected chi connectivity index (χ3v) is 18.6. The average Bonchev–Trinajstić information content (AvgIpc) is 0.783. The Labute approximate surface area is 591 Å². The highest BCUT2D eigenvalue weighted by Crippen LogP contribution is 2.43. The Hall–Kier alpha value is -7.34. The number of ether oxygens (including phenoxy) is 4. The van der Waals surface area contributed by atoms with Gasteiger partial charge in [-0.2, -0.15) is 0 Å². The number of rotatable bonds is 56. The van der Waals surface area contributed by atoms with Crippen molar-refractivity contribution in [3.05, 3.63) is 119 Å². The second-order valence-corrected chi connectivity index (χ2v) is 26.9. The van der Waals surface area contributed by atoms with Crippen molar-refractivity contribution in [3.8, 4) is 46.0 Å². The molecule has 4 N–H and O–H groups in total. The third-order valence-electron chi connectivity index (χ3n) is 18.6. The van der Waals surface area contributed by atoms with Crippen molar-refractivity contribution in [2.24, 2.45) is 20.0 Å². The summed E-state index contributed by atoms with van der Waals surface area (Å²) in [6, 6.07) is 28.4. The van der Waals surface area contributed by atoms with Gasteiger partial charge in [0.15, 0.2) is 23.0 Å². The third kappa shape index (κ3) is 30.8. The topological polar surface area (TPSA) is 167 Å². The van der Waals surface area contributed by atoms with Gasteiger partial charge >= 0.3 is 0 Å². The lowest BCUT2D eigenvalue weighted by atomic mass is 9.99. The maximum Gasteiger partial charge on any atom is 0.163 e. The van der Waals surface area contributed by atoms with E-state index in [2.05, 4.69) is 27.7 Å². The first-order chi connectivity index (χ1) is 48.2. The predicted octanol–water partition coefficient (Wildman–Crippen LogP) is 25.9. The van der Waals surface area contributed by atoms with Gasteiger partial charge in [0.05, 0.1) is 49.2 Å². The van der Waals surface area contributed by atoms with Crippen molar-refractivity contribution >= 4 is 58.4 Å². The molecule has 6 aromatic rings. The molecule has 0 heterocycles. The summed E-state index contributed by atoms with van der Waals surface area (Å²) < 4.78 is 26.4. The van der Waals surface area contributed by atoms with Crippen molar-refractivity contribution in [1.82, 2.24) is 0 Å². The molecule has 0 aliphatic carbocycles. The summed E-state index contributed by atoms with van der Waals surface area (Å²) in [5.41, 5.74) is 3.84. The van der Waals surface area contributed by atoms with E-state index in [1.807, 2.05) is 36.4 Å². The molecule has 0 fully saturated rings. The predicted molar refractivity (Wildman–Crippen MR) is 415 cm³/mol. The monoisotopic (exact) mass is 1340 g/mol. The summed E-state index contributed by atoms with van der Waals surface area (Å²) in [6.45, 7) is 11.1. The number of unbranched alkanes of at least 4 members (excludes halogenated alkanes) is 36. The normalized spacial score (nSPS) is 11.8. The van der Waals surface area contributed by atoms with Crippen LogP contribution >= 0.6 is 0 Å². The first-order valence-electron chi connectivity index (χ1n) is 38.8. The number of fused-ring (bicyclic) bond motifs is 1. The number of hydrogen-bond acceptors (Lipinski definition) is 12. The minimum absolute atomic E-state index is 0.0126. The van der Waals surface area contributed by atoms with E-state index < -0.39 is 0 Å². The van der Waals surface area contributed by atoms with Gasteiger partial charge in [-0.3, -0.25) is 20.0 Å². The Kier molecular flexibility index (Phi) is 40.7. The molecule has 0 spiro atoms. The first kappa shape index (κ1) is 79.6. The molecule has 536 valence electrons. The second-order valence-electron chi connectivity index (χ2n) is 26.9. The number of hydrogen-bond donors (Lipinski definition) is 4. The van der Waals surface area contributed by atoms with Crippen LogP contribution < -0.4 is 18.9 Å². The van der Waals surface area contributed by atoms with Crippen molar-refractivity contribution in [2.75, 3.05) is 26.4 Å². The standard InChI is InChI=1S/C86H124N4O8/c1-5-9-13-17-21-25-29-33-37-45-57-95-83-61-75(87-65-69-49-41-43-51-79(69)91)77(63-85(83)97-59-47-39-35-31-27-23-19-15-11-7-3)89-67-73-71-53-56-82(94)74(72(71)54-55-81(73)93)68-90-78-64-86(98-60-48-40-36-32-28-24-20-16-12-8-4)84(62-76(78)88-66-70-50-42-44-52-80(70)92)96-58-46-38-34-30-26-22-18-14-10-6-2/h41-44,49-56,61-68,91-94H,5-40,45-48,57-60H2,1-4H3. The van der Waals surface area contributed by atoms with Crippen LogP contribution in [0.15, 0.2) is 117 Å². The van der Waals surface area contributed by atoms with E-state index in [0.717, 1.165) is 51.4 Å². The molecule has 0 saturated heterocycles. The van der Waals surface area contributed by atoms with E-state index in [4.69, 9.17) is 38.9 Å². The number of aliphatic imine (C=N–C) groups is 4. The van der Waals surface area contributed by atoms with Crippen molar-refractivity contribution in [1.29, 1.82) is 0 Å². The Morgan fingerprint density at radius 2 is 0.480 bits per heavy atom. The highest BCUT2D eigenvalue weighted by Gasteiger charge is 2.18. The van der Waals surface area contributed by atoms with E-state index in [9.17, 15) is 20.4 Å². The Morgan fingerprint density at radius 1 is 0.255 bits per heavy atom. The van der Waals surface area contributed by atoms with Crippen LogP contribution in [0.1, 0.15) is 307 Å². The first-order valence-corrected chi connectivity index (χ1v) is 38.8. The molecule has 6 aromatic carbocycles. The van der Waals surface area contributed by atoms with Gasteiger partial charge in [0.2, 0.25) is 0 Å². The van der Waals surface area contributed by atoms with E-state index >= 15 is 0 Å². The van der Waals surface area contributed by atoms with Crippen LogP contribution in [-0.2, 0) is 0 Å². The SMILES string of the molecule is CCCCCCCCCCCCOc1cc(N=Cc2ccccc2O)c(N=Cc2c(O)ccc3c(C=Nc4cc(OCCCCCCCCCCCC)c(OCCCCCCCCCCCC)cc4N=Cc4ccccc4O)c(O)ccc23)cc1OCCCCCCCCCCCC. The highest BCUT2D eigenvalue weighted by molar-refractivity contribution is 6.10. The highest BCUT2D eigenvalue weighted by atomic mass is 16.5. The molecule has 12 nitrogen and oxygen atoms in total. The van der Waals surface area contributed by atoms with Gasteiger partial charge < -0.3 is 39.4 Å². The summed E-state index contributed by atoms with van der Waals surface area (Å²) >= 11 is 0. The summed E-state index contributed by atoms with van der Waals surface area (Å²) in [5.74, 6) is 2.47. The number of para-hydroxylation sites is 2. The Morgan fingerprint density at radius 3 is 0.724 bits per heavy atom. The molecule has 0 bridgehead atoms. The van der Waals surface area contributed by atoms with E-state index in [1.54, 1.807) is 85.5 Å². The minimum atomic E-state index is -0.0126. The van der Waals surface area contributed by atoms with Crippen LogP contribution in [0.25, 0.3) is 10.8 Å². The van der Waals surface area contributed by atoms with Gasteiger partial charge in [-0.15, -0.1) is 0 Å². The van der Waals surface area contributed by atoms with Crippen LogP contribution in [0.4, 0.5) is 22.7 Å². The molecular weight excluding hydrogens is 1220 g/mol. The van der Waals surface area contributed by atoms with Gasteiger partial charge in [-0.25, -0.2) is 0 Å². The molecule has 0 atom stereocenters. The fourth-order valence-corrected chi connectivity index (χ4v) is 12.5. The smallest absolute Gasteiger partial charge is 0.163 e. The van der Waals surface area contributed by atoms with Gasteiger partial charge in [0, 0.05) is 71.4 Å². The molecular formula is C86H124N4O8. The van der Waals surface area contributed by atoms with E-state index in [0.29, 0.717) is 105 Å². The van der Waals surface area contributed by atoms with E-state index in [-0.39, 0.29) is 23.0 Å². The molecule has 0 aromatic heterocycles. The van der Waals surface area contributed by atoms with Crippen molar-refractivity contribution in [2.45, 2.75) is 285 Å². The van der Waals surface area contributed by atoms with Gasteiger partial charge in [-0.1, -0.05) is 283 Å². The average molecular weight is 1340 g/mol. The summed E-state index contributed by atoms with van der Waals surface area (Å²) in [6.07, 6.45) is 55.3. The molecule has 0 unspecified atom stereocenters. The van der Waals surface area contributed by atoms with Crippen LogP contribution in [0.5, 0.6) is 46.0 Å². The zero-order valence-corrected chi connectivity index (χ0v) is 60.9. The number of nitrogens with zero attached hydrogens (tertiary/aromatic N) is 4. The minimum Gasteiger partial charge on any atom is -0.507 e. The Bertz CT molecular complexity index is 3050. The van der Waals surface area contributed by atoms with Crippen LogP contribution in [0.2, 0.25) is 0 Å². The molecule has 12 heteroatoms. The quantitative estimate of drug-likeness (QED) is 0.0216. The molecule has 6 rings (SSSR count). The van der Waals surface area contributed by atoms with E-state index in [1.165, 1.54) is 205 Å². The van der Waals surface area contributed by atoms with Crippen LogP contribution in [0, 0.1) is 0 Å². The zero-order valence-electron chi connectivity index (χ0n) is 60.9. The van der Waals surface area contributed by atoms with Crippen molar-refractivity contribution in [3.63, 3.8) is 0 Å². The summed E-state index contributed by atoms with van der Waals surface area (Å²) in [4.78, 5) is 20.0. The largest absolute Gasteiger partial charge is 0.507 e. The zero-order chi connectivity index (χ0) is 69.3. The molecule has 0 aliphatic rings. The molecule has 0 radical (unpaired) electrons.